The third-order valence-electron chi connectivity index (χ3n) is 10.1. The molecule has 198 valence electrons. The predicted molar refractivity (Wildman–Crippen MR) is 156 cm³/mol. The number of hydrogen-bond donors (Lipinski definition) is 0. The molecule has 0 unspecified atom stereocenters. The van der Waals surface area contributed by atoms with Crippen molar-refractivity contribution in [1.82, 2.24) is 0 Å². The first-order valence-corrected chi connectivity index (χ1v) is 15.4. The van der Waals surface area contributed by atoms with E-state index in [0.717, 1.165) is 37.6 Å². The second-order valence-electron chi connectivity index (χ2n) is 12.5. The quantitative estimate of drug-likeness (QED) is 0.346. The van der Waals surface area contributed by atoms with Gasteiger partial charge in [-0.15, -0.1) is 0 Å². The summed E-state index contributed by atoms with van der Waals surface area (Å²) < 4.78 is 13.7. The van der Waals surface area contributed by atoms with Crippen LogP contribution in [0.5, 0.6) is 11.5 Å². The van der Waals surface area contributed by atoms with Gasteiger partial charge in [-0.1, -0.05) is 42.0 Å². The Morgan fingerprint density at radius 2 is 1.08 bits per heavy atom. The van der Waals surface area contributed by atoms with E-state index in [9.17, 15) is 0 Å². The minimum absolute atomic E-state index is 0.430. The maximum Gasteiger partial charge on any atom is 0.127 e. The molecule has 0 spiro atoms. The van der Waals surface area contributed by atoms with Crippen LogP contribution in [0.4, 0.5) is 0 Å². The molecular weight excluding hydrogens is 464 g/mol. The van der Waals surface area contributed by atoms with Crippen LogP contribution in [0.25, 0.3) is 11.1 Å². The fourth-order valence-electron chi connectivity index (χ4n) is 7.88. The van der Waals surface area contributed by atoms with E-state index < -0.39 is 0 Å². The molecule has 3 aromatic rings. The summed E-state index contributed by atoms with van der Waals surface area (Å²) >= 11 is 0. The van der Waals surface area contributed by atoms with Crippen molar-refractivity contribution in [3.8, 4) is 22.6 Å². The van der Waals surface area contributed by atoms with Crippen LogP contribution in [0.2, 0.25) is 0 Å². The van der Waals surface area contributed by atoms with Crippen molar-refractivity contribution in [2.24, 2.45) is 11.8 Å². The van der Waals surface area contributed by atoms with Gasteiger partial charge >= 0.3 is 0 Å². The van der Waals surface area contributed by atoms with Gasteiger partial charge in [0.05, 0.1) is 13.2 Å². The summed E-state index contributed by atoms with van der Waals surface area (Å²) in [4.78, 5) is 0. The Labute approximate surface area is 228 Å². The van der Waals surface area contributed by atoms with E-state index in [0.29, 0.717) is 17.8 Å². The van der Waals surface area contributed by atoms with Crippen LogP contribution in [0.3, 0.4) is 0 Å². The van der Waals surface area contributed by atoms with Crippen molar-refractivity contribution in [1.29, 1.82) is 0 Å². The second kappa shape index (κ2) is 10.4. The monoisotopic (exact) mass is 506 g/mol. The standard InChI is InChI=1S/C36H42O2/c1-24-10-12-25(13-11-24)26-14-16-27(17-15-26)30-22-37-33-20-18-28-6-2-4-8-31(28)35(33)36-32-9-5-3-7-29(32)19-21-34(36)38-23-30/h10-13,18-21,26-27,30H,2-9,14-17,22-23H2,1H3. The van der Waals surface area contributed by atoms with Crippen molar-refractivity contribution in [2.45, 2.75) is 89.9 Å². The average Bonchev–Trinajstić information content (AvgIpc) is 3.05. The Balaban J connectivity index is 1.20. The summed E-state index contributed by atoms with van der Waals surface area (Å²) in [5.41, 5.74) is 11.8. The SMILES string of the molecule is Cc1ccc(C2CCC(C3COc4ccc5c(c4-c4c(ccc6c4CCCC6)OC3)CCCC5)CC2)cc1. The van der Waals surface area contributed by atoms with Gasteiger partial charge < -0.3 is 9.47 Å². The molecule has 1 saturated carbocycles. The molecule has 1 aliphatic heterocycles. The summed E-state index contributed by atoms with van der Waals surface area (Å²) in [7, 11) is 0. The molecule has 0 atom stereocenters. The van der Waals surface area contributed by atoms with Crippen molar-refractivity contribution in [3.05, 3.63) is 81.9 Å². The minimum Gasteiger partial charge on any atom is -0.492 e. The minimum atomic E-state index is 0.430. The lowest BCUT2D eigenvalue weighted by atomic mass is 9.74. The smallest absolute Gasteiger partial charge is 0.127 e. The third-order valence-corrected chi connectivity index (χ3v) is 10.1. The molecule has 0 radical (unpaired) electrons. The van der Waals surface area contributed by atoms with Crippen LogP contribution in [0.15, 0.2) is 48.5 Å². The van der Waals surface area contributed by atoms with Gasteiger partial charge in [-0.25, -0.2) is 0 Å². The fraction of sp³-hybridized carbons (Fsp3) is 0.500. The first kappa shape index (κ1) is 24.3. The first-order chi connectivity index (χ1) is 18.7. The molecule has 0 bridgehead atoms. The van der Waals surface area contributed by atoms with Crippen molar-refractivity contribution >= 4 is 0 Å². The van der Waals surface area contributed by atoms with E-state index in [1.807, 2.05) is 0 Å². The Bertz CT molecular complexity index is 1230. The molecule has 4 aliphatic rings. The lowest BCUT2D eigenvalue weighted by Crippen LogP contribution is -2.30. The zero-order chi connectivity index (χ0) is 25.5. The summed E-state index contributed by atoms with van der Waals surface area (Å²) in [5, 5.41) is 0. The maximum atomic E-state index is 6.83. The highest BCUT2D eigenvalue weighted by Gasteiger charge is 2.33. The Hall–Kier alpha value is -2.74. The molecule has 7 rings (SSSR count). The molecule has 38 heavy (non-hydrogen) atoms. The lowest BCUT2D eigenvalue weighted by Gasteiger charge is -2.34. The number of aryl methyl sites for hydroxylation is 3. The molecule has 1 heterocycles. The van der Waals surface area contributed by atoms with Gasteiger partial charge in [0.25, 0.3) is 0 Å². The highest BCUT2D eigenvalue weighted by molar-refractivity contribution is 5.83. The van der Waals surface area contributed by atoms with Crippen LogP contribution in [-0.2, 0) is 25.7 Å². The van der Waals surface area contributed by atoms with E-state index in [2.05, 4.69) is 55.5 Å². The second-order valence-corrected chi connectivity index (χ2v) is 12.5. The molecule has 3 aliphatic carbocycles. The summed E-state index contributed by atoms with van der Waals surface area (Å²) in [6, 6.07) is 18.6. The Morgan fingerprint density at radius 1 is 0.553 bits per heavy atom. The van der Waals surface area contributed by atoms with Crippen LogP contribution in [-0.4, -0.2) is 13.2 Å². The normalized spacial score (nSPS) is 23.3. The highest BCUT2D eigenvalue weighted by Crippen LogP contribution is 2.48. The molecular formula is C36H42O2. The lowest BCUT2D eigenvalue weighted by molar-refractivity contribution is 0.107. The molecule has 0 N–H and O–H groups in total. The van der Waals surface area contributed by atoms with E-state index in [4.69, 9.17) is 9.47 Å². The van der Waals surface area contributed by atoms with E-state index in [-0.39, 0.29) is 0 Å². The Kier molecular flexibility index (Phi) is 6.68. The molecule has 2 heteroatoms. The Morgan fingerprint density at radius 3 is 1.63 bits per heavy atom. The molecule has 1 fully saturated rings. The van der Waals surface area contributed by atoms with E-state index in [1.54, 1.807) is 0 Å². The summed E-state index contributed by atoms with van der Waals surface area (Å²) in [6.07, 6.45) is 15.0. The van der Waals surface area contributed by atoms with Crippen LogP contribution in [0, 0.1) is 18.8 Å². The molecule has 0 saturated heterocycles. The summed E-state index contributed by atoms with van der Waals surface area (Å²) in [5.74, 6) is 4.01. The molecule has 2 nitrogen and oxygen atoms in total. The van der Waals surface area contributed by atoms with Crippen molar-refractivity contribution < 1.29 is 9.47 Å². The third kappa shape index (κ3) is 4.55. The molecule has 3 aromatic carbocycles. The molecule has 0 aromatic heterocycles. The van der Waals surface area contributed by atoms with Crippen LogP contribution >= 0.6 is 0 Å². The first-order valence-electron chi connectivity index (χ1n) is 15.4. The number of ether oxygens (including phenoxy) is 2. The molecule has 0 amide bonds. The van der Waals surface area contributed by atoms with Gasteiger partial charge in [0, 0.05) is 17.0 Å². The number of fused-ring (bicyclic) bond motifs is 7. The predicted octanol–water partition coefficient (Wildman–Crippen LogP) is 8.78. The zero-order valence-corrected chi connectivity index (χ0v) is 23.1. The van der Waals surface area contributed by atoms with Gasteiger partial charge in [-0.05, 0) is 136 Å². The zero-order valence-electron chi connectivity index (χ0n) is 23.1. The number of rotatable bonds is 2. The van der Waals surface area contributed by atoms with Gasteiger partial charge in [-0.3, -0.25) is 0 Å². The van der Waals surface area contributed by atoms with Crippen LogP contribution in [0.1, 0.15) is 90.7 Å². The maximum absolute atomic E-state index is 6.83. The van der Waals surface area contributed by atoms with Gasteiger partial charge in [0.2, 0.25) is 0 Å². The number of benzene rings is 3. The average molecular weight is 507 g/mol. The van der Waals surface area contributed by atoms with Gasteiger partial charge in [0.15, 0.2) is 0 Å². The van der Waals surface area contributed by atoms with Gasteiger partial charge in [-0.2, -0.15) is 0 Å². The van der Waals surface area contributed by atoms with E-state index >= 15 is 0 Å². The van der Waals surface area contributed by atoms with Gasteiger partial charge in [0.1, 0.15) is 11.5 Å². The van der Waals surface area contributed by atoms with Crippen LogP contribution < -0.4 is 9.47 Å². The van der Waals surface area contributed by atoms with Crippen molar-refractivity contribution in [2.75, 3.05) is 13.2 Å². The number of hydrogen-bond acceptors (Lipinski definition) is 2. The summed E-state index contributed by atoms with van der Waals surface area (Å²) in [6.45, 7) is 3.71. The highest BCUT2D eigenvalue weighted by atomic mass is 16.5. The topological polar surface area (TPSA) is 18.5 Å². The largest absolute Gasteiger partial charge is 0.492 e. The van der Waals surface area contributed by atoms with Crippen molar-refractivity contribution in [3.63, 3.8) is 0 Å². The van der Waals surface area contributed by atoms with E-state index in [1.165, 1.54) is 109 Å². The fourth-order valence-corrected chi connectivity index (χ4v) is 7.88.